The van der Waals surface area contributed by atoms with Crippen molar-refractivity contribution in [1.29, 1.82) is 0 Å². The second-order valence-corrected chi connectivity index (χ2v) is 5.27. The number of ether oxygens (including phenoxy) is 3. The van der Waals surface area contributed by atoms with Crippen LogP contribution in [0.15, 0.2) is 0 Å². The Balaban J connectivity index is 2.28. The largest absolute Gasteiger partial charge is 0.394 e. The van der Waals surface area contributed by atoms with Gasteiger partial charge in [0, 0.05) is 0 Å². The third-order valence-electron chi connectivity index (χ3n) is 3.69. The van der Waals surface area contributed by atoms with Gasteiger partial charge in [0.05, 0.1) is 16.0 Å². The molecule has 10 atom stereocenters. The monoisotopic (exact) mass is 344 g/mol. The number of rotatable bonds is 4. The molecule has 0 unspecified atom stereocenters. The fraction of sp³-hybridized carbons (Fsp3) is 1.00. The minimum atomic E-state index is -2.99. The highest BCUT2D eigenvalue weighted by atomic mass is 16.8. The Kier molecular flexibility index (Phi) is 5.33. The summed E-state index contributed by atoms with van der Waals surface area (Å²) in [5.41, 5.74) is 0. The van der Waals surface area contributed by atoms with E-state index >= 15 is 0 Å². The molecular weight excluding hydrogens is 320 g/mol. The van der Waals surface area contributed by atoms with E-state index < -0.39 is 74.6 Å². The first-order valence-electron chi connectivity index (χ1n) is 7.86. The van der Waals surface area contributed by atoms with Crippen molar-refractivity contribution in [3.8, 4) is 0 Å². The lowest BCUT2D eigenvalue weighted by atomic mass is 9.98. The summed E-state index contributed by atoms with van der Waals surface area (Å²) in [6.07, 6.45) is -21.1. The lowest BCUT2D eigenvalue weighted by molar-refractivity contribution is -0.376. The summed E-state index contributed by atoms with van der Waals surface area (Å²) < 4.78 is 30.6. The summed E-state index contributed by atoms with van der Waals surface area (Å²) in [6.45, 7) is -1.74. The molecule has 136 valence electrons. The molecule has 2 heterocycles. The van der Waals surface area contributed by atoms with Gasteiger partial charge in [-0.05, 0) is 0 Å². The number of aliphatic hydroxyl groups is 8. The van der Waals surface area contributed by atoms with Crippen LogP contribution in [0.25, 0.3) is 0 Å². The summed E-state index contributed by atoms with van der Waals surface area (Å²) in [5.74, 6) is 0. The third-order valence-corrected chi connectivity index (χ3v) is 3.69. The maximum Gasteiger partial charge on any atom is 0.189 e. The number of hydrogen-bond donors (Lipinski definition) is 8. The zero-order valence-corrected chi connectivity index (χ0v) is 11.8. The first-order valence-corrected chi connectivity index (χ1v) is 6.86. The van der Waals surface area contributed by atoms with Crippen LogP contribution in [0.1, 0.15) is 2.74 Å². The zero-order chi connectivity index (χ0) is 19.2. The maximum absolute atomic E-state index is 9.94. The molecule has 2 aliphatic rings. The first kappa shape index (κ1) is 16.1. The van der Waals surface area contributed by atoms with E-state index in [4.69, 9.17) is 27.2 Å². The van der Waals surface area contributed by atoms with Crippen molar-refractivity contribution in [2.45, 2.75) is 61.4 Å². The summed E-state index contributed by atoms with van der Waals surface area (Å²) in [5, 5.41) is 77.0. The molecule has 2 aliphatic heterocycles. The fourth-order valence-corrected chi connectivity index (χ4v) is 2.23. The molecule has 2 rings (SSSR count). The van der Waals surface area contributed by atoms with Crippen molar-refractivity contribution >= 4 is 0 Å². The molecular formula is C12H22O11. The number of hydrogen-bond acceptors (Lipinski definition) is 11. The van der Waals surface area contributed by atoms with E-state index in [0.29, 0.717) is 0 Å². The van der Waals surface area contributed by atoms with Crippen LogP contribution in [0.4, 0.5) is 0 Å². The van der Waals surface area contributed by atoms with Crippen LogP contribution < -0.4 is 0 Å². The quantitative estimate of drug-likeness (QED) is 0.243. The van der Waals surface area contributed by atoms with E-state index in [9.17, 15) is 30.6 Å². The van der Waals surface area contributed by atoms with Crippen molar-refractivity contribution in [3.63, 3.8) is 0 Å². The minimum absolute atomic E-state index is 0.871. The molecule has 2 saturated heterocycles. The second-order valence-electron chi connectivity index (χ2n) is 5.27. The predicted octanol–water partition coefficient (Wildman–Crippen LogP) is -5.40. The van der Waals surface area contributed by atoms with Crippen molar-refractivity contribution in [2.24, 2.45) is 0 Å². The molecule has 0 bridgehead atoms. The average Bonchev–Trinajstić information content (AvgIpc) is 2.58. The topological polar surface area (TPSA) is 190 Å². The van der Waals surface area contributed by atoms with Gasteiger partial charge in [-0.15, -0.1) is 0 Å². The fourth-order valence-electron chi connectivity index (χ4n) is 2.23. The molecule has 11 nitrogen and oxygen atoms in total. The van der Waals surface area contributed by atoms with Crippen LogP contribution >= 0.6 is 0 Å². The number of aliphatic hydroxyl groups excluding tert-OH is 8. The predicted molar refractivity (Wildman–Crippen MR) is 68.6 cm³/mol. The molecule has 0 aromatic rings. The van der Waals surface area contributed by atoms with Crippen LogP contribution in [-0.2, 0) is 14.2 Å². The SMILES string of the molecule is [2H][C@]1(O[C@@]2([2H])O[C@H](CO)[C@@H](O)[C@H](O)[C@H]2O)O[C@H](CO)[C@@H](O)[C@H](O)[C@H]1O. The van der Waals surface area contributed by atoms with Gasteiger partial charge in [0.2, 0.25) is 0 Å². The molecule has 23 heavy (non-hydrogen) atoms. The van der Waals surface area contributed by atoms with Crippen molar-refractivity contribution < 1.29 is 57.8 Å². The van der Waals surface area contributed by atoms with E-state index in [2.05, 4.69) is 0 Å². The Hall–Kier alpha value is -0.440. The zero-order valence-electron chi connectivity index (χ0n) is 13.8. The van der Waals surface area contributed by atoms with Crippen LogP contribution in [0.2, 0.25) is 0 Å². The Morgan fingerprint density at radius 2 is 1.00 bits per heavy atom. The van der Waals surface area contributed by atoms with E-state index in [1.165, 1.54) is 0 Å². The van der Waals surface area contributed by atoms with Gasteiger partial charge in [-0.1, -0.05) is 0 Å². The highest BCUT2D eigenvalue weighted by molar-refractivity contribution is 4.92. The van der Waals surface area contributed by atoms with Crippen molar-refractivity contribution in [3.05, 3.63) is 0 Å². The first-order chi connectivity index (χ1) is 11.5. The highest BCUT2D eigenvalue weighted by Crippen LogP contribution is 2.27. The maximum atomic E-state index is 9.94. The smallest absolute Gasteiger partial charge is 0.189 e. The minimum Gasteiger partial charge on any atom is -0.394 e. The van der Waals surface area contributed by atoms with Gasteiger partial charge in [-0.3, -0.25) is 0 Å². The second kappa shape index (κ2) is 7.63. The molecule has 0 amide bonds. The van der Waals surface area contributed by atoms with Gasteiger partial charge < -0.3 is 55.1 Å². The summed E-state index contributed by atoms with van der Waals surface area (Å²) in [4.78, 5) is 0. The van der Waals surface area contributed by atoms with Gasteiger partial charge >= 0.3 is 0 Å². The molecule has 0 saturated carbocycles. The van der Waals surface area contributed by atoms with Crippen LogP contribution in [-0.4, -0.2) is 115 Å². The molecule has 0 radical (unpaired) electrons. The lowest BCUT2D eigenvalue weighted by Gasteiger charge is -2.44. The Labute approximate surface area is 133 Å². The third kappa shape index (κ3) is 3.65. The molecule has 0 aromatic heterocycles. The molecule has 8 N–H and O–H groups in total. The van der Waals surface area contributed by atoms with Gasteiger partial charge in [0.15, 0.2) is 12.5 Å². The molecule has 11 heteroatoms. The van der Waals surface area contributed by atoms with Gasteiger partial charge in [0.1, 0.15) is 48.8 Å². The molecule has 0 aromatic carbocycles. The Bertz CT molecular complexity index is 428. The summed E-state index contributed by atoms with van der Waals surface area (Å²) in [7, 11) is 0. The van der Waals surface area contributed by atoms with Gasteiger partial charge in [-0.2, -0.15) is 0 Å². The molecule has 2 fully saturated rings. The van der Waals surface area contributed by atoms with Crippen LogP contribution in [0.3, 0.4) is 0 Å². The Morgan fingerprint density at radius 1 is 0.652 bits per heavy atom. The van der Waals surface area contributed by atoms with Crippen molar-refractivity contribution in [2.75, 3.05) is 13.2 Å². The molecule has 0 spiro atoms. The van der Waals surface area contributed by atoms with E-state index in [1.54, 1.807) is 0 Å². The average molecular weight is 344 g/mol. The lowest BCUT2D eigenvalue weighted by Crippen LogP contribution is -2.63. The Morgan fingerprint density at radius 3 is 1.30 bits per heavy atom. The molecule has 0 aliphatic carbocycles. The summed E-state index contributed by atoms with van der Waals surface area (Å²) >= 11 is 0. The van der Waals surface area contributed by atoms with Gasteiger partial charge in [-0.25, -0.2) is 0 Å². The standard InChI is InChI=1S/C12H22O11/c13-1-3-5(15)7(17)9(19)11(21-3)23-12-10(20)8(18)6(16)4(2-14)22-12/h3-20H,1-2H2/t3-,4-,5-,6-,7+,8+,9-,10-,11-,12-/m1/s1/i11D,12D. The van der Waals surface area contributed by atoms with Crippen molar-refractivity contribution in [1.82, 2.24) is 0 Å². The van der Waals surface area contributed by atoms with Crippen LogP contribution in [0, 0.1) is 0 Å². The van der Waals surface area contributed by atoms with Gasteiger partial charge in [0.25, 0.3) is 0 Å². The summed E-state index contributed by atoms with van der Waals surface area (Å²) in [6, 6.07) is 0. The highest BCUT2D eigenvalue weighted by Gasteiger charge is 2.49. The van der Waals surface area contributed by atoms with E-state index in [-0.39, 0.29) is 0 Å². The normalized spacial score (nSPS) is 59.3. The van der Waals surface area contributed by atoms with E-state index in [1.807, 2.05) is 0 Å². The van der Waals surface area contributed by atoms with Crippen LogP contribution in [0.5, 0.6) is 0 Å². The van der Waals surface area contributed by atoms with E-state index in [0.717, 1.165) is 0 Å².